The quantitative estimate of drug-likeness (QED) is 0.861. The van der Waals surface area contributed by atoms with Gasteiger partial charge in [-0.25, -0.2) is 4.79 Å². The van der Waals surface area contributed by atoms with Crippen molar-refractivity contribution in [2.45, 2.75) is 33.0 Å². The van der Waals surface area contributed by atoms with Crippen LogP contribution in [-0.2, 0) is 13.1 Å². The van der Waals surface area contributed by atoms with E-state index in [0.717, 1.165) is 18.1 Å². The van der Waals surface area contributed by atoms with Gasteiger partial charge in [-0.05, 0) is 26.0 Å². The number of amides is 2. The van der Waals surface area contributed by atoms with Crippen LogP contribution in [0.1, 0.15) is 19.7 Å². The third kappa shape index (κ3) is 4.01. The molecule has 0 radical (unpaired) electrons. The monoisotopic (exact) mass is 345 g/mol. The van der Waals surface area contributed by atoms with Crippen molar-refractivity contribution in [1.82, 2.24) is 25.0 Å². The number of aryl methyl sites for hydroxylation is 1. The number of rotatable bonds is 6. The lowest BCUT2D eigenvalue weighted by atomic mass is 10.2. The maximum atomic E-state index is 12.4. The van der Waals surface area contributed by atoms with Crippen LogP contribution in [0.3, 0.4) is 0 Å². The minimum absolute atomic E-state index is 0.157. The van der Waals surface area contributed by atoms with Gasteiger partial charge in [-0.2, -0.15) is 0 Å². The summed E-state index contributed by atoms with van der Waals surface area (Å²) in [7, 11) is 0. The van der Waals surface area contributed by atoms with E-state index in [9.17, 15) is 4.79 Å². The molecule has 1 aliphatic heterocycles. The number of hydrogen-bond donors (Lipinski definition) is 1. The van der Waals surface area contributed by atoms with E-state index in [4.69, 9.17) is 9.47 Å². The lowest BCUT2D eigenvalue weighted by Gasteiger charge is -2.30. The highest BCUT2D eigenvalue weighted by molar-refractivity contribution is 5.74. The highest BCUT2D eigenvalue weighted by Crippen LogP contribution is 2.30. The number of likely N-dealkylation sites (N-methyl/N-ethyl adjacent to an activating group) is 1. The van der Waals surface area contributed by atoms with Gasteiger partial charge in [-0.1, -0.05) is 12.1 Å². The van der Waals surface area contributed by atoms with Crippen molar-refractivity contribution in [1.29, 1.82) is 0 Å². The number of carbonyl (C=O) groups excluding carboxylic acids is 1. The molecule has 8 heteroatoms. The van der Waals surface area contributed by atoms with Crippen LogP contribution in [0.2, 0.25) is 0 Å². The summed E-state index contributed by atoms with van der Waals surface area (Å²) in [6.45, 7) is 6.50. The van der Waals surface area contributed by atoms with Gasteiger partial charge in [-0.15, -0.1) is 10.2 Å². The molecule has 0 saturated carbocycles. The van der Waals surface area contributed by atoms with Crippen LogP contribution in [-0.4, -0.2) is 51.5 Å². The number of hydrogen-bond acceptors (Lipinski definition) is 5. The van der Waals surface area contributed by atoms with E-state index < -0.39 is 0 Å². The average molecular weight is 345 g/mol. The third-order valence-corrected chi connectivity index (χ3v) is 4.09. The number of nitrogens with zero attached hydrogens (tertiary/aromatic N) is 4. The molecular weight excluding hydrogens is 322 g/mol. The molecule has 8 nitrogen and oxygen atoms in total. The molecule has 1 aliphatic rings. The van der Waals surface area contributed by atoms with Gasteiger partial charge >= 0.3 is 6.03 Å². The van der Waals surface area contributed by atoms with Crippen LogP contribution in [0.5, 0.6) is 11.5 Å². The Morgan fingerprint density at radius 2 is 2.16 bits per heavy atom. The summed E-state index contributed by atoms with van der Waals surface area (Å²) < 4.78 is 13.5. The fraction of sp³-hybridized carbons (Fsp3) is 0.471. The van der Waals surface area contributed by atoms with Gasteiger partial charge in [0.25, 0.3) is 0 Å². The lowest BCUT2D eigenvalue weighted by molar-refractivity contribution is 0.0675. The van der Waals surface area contributed by atoms with Crippen LogP contribution < -0.4 is 14.8 Å². The van der Waals surface area contributed by atoms with Crippen molar-refractivity contribution in [2.75, 3.05) is 19.7 Å². The van der Waals surface area contributed by atoms with Gasteiger partial charge in [0.15, 0.2) is 23.4 Å². The van der Waals surface area contributed by atoms with E-state index >= 15 is 0 Å². The second-order valence-corrected chi connectivity index (χ2v) is 5.73. The Morgan fingerprint density at radius 3 is 2.92 bits per heavy atom. The van der Waals surface area contributed by atoms with Gasteiger partial charge in [0.05, 0.1) is 13.1 Å². The molecule has 1 aromatic heterocycles. The molecule has 1 N–H and O–H groups in total. The minimum Gasteiger partial charge on any atom is -0.486 e. The predicted octanol–water partition coefficient (Wildman–Crippen LogP) is 1.67. The number of carbonyl (C=O) groups is 1. The molecule has 134 valence electrons. The number of urea groups is 1. The zero-order valence-corrected chi connectivity index (χ0v) is 14.5. The first kappa shape index (κ1) is 17.1. The molecule has 2 aromatic rings. The number of ether oxygens (including phenoxy) is 2. The van der Waals surface area contributed by atoms with E-state index in [1.165, 1.54) is 0 Å². The zero-order valence-electron chi connectivity index (χ0n) is 14.5. The SMILES string of the molecule is CCN(C[C@H]1COc2ccccc2O1)C(=O)NCc1nncn1CC. The predicted molar refractivity (Wildman–Crippen MR) is 91.5 cm³/mol. The standard InChI is InChI=1S/C17H23N5O3/c1-3-21(17(23)18-9-16-20-19-12-22(16)4-2)10-13-11-24-14-7-5-6-8-15(14)25-13/h5-8,12-13H,3-4,9-11H2,1-2H3,(H,18,23)/t13-/m0/s1. The van der Waals surface area contributed by atoms with E-state index in [2.05, 4.69) is 15.5 Å². The summed E-state index contributed by atoms with van der Waals surface area (Å²) in [5.74, 6) is 2.19. The Balaban J connectivity index is 1.54. The molecule has 25 heavy (non-hydrogen) atoms. The fourth-order valence-corrected chi connectivity index (χ4v) is 2.70. The number of para-hydroxylation sites is 2. The molecule has 0 bridgehead atoms. The molecule has 0 unspecified atom stereocenters. The Hall–Kier alpha value is -2.77. The van der Waals surface area contributed by atoms with Gasteiger partial charge in [0, 0.05) is 13.1 Å². The lowest BCUT2D eigenvalue weighted by Crippen LogP contribution is -2.47. The van der Waals surface area contributed by atoms with E-state index in [1.54, 1.807) is 11.2 Å². The second-order valence-electron chi connectivity index (χ2n) is 5.73. The smallest absolute Gasteiger partial charge is 0.317 e. The van der Waals surface area contributed by atoms with E-state index in [0.29, 0.717) is 32.0 Å². The minimum atomic E-state index is -0.195. The number of fused-ring (bicyclic) bond motifs is 1. The van der Waals surface area contributed by atoms with E-state index in [-0.39, 0.29) is 12.1 Å². The van der Waals surface area contributed by atoms with E-state index in [1.807, 2.05) is 42.7 Å². The van der Waals surface area contributed by atoms with Crippen molar-refractivity contribution in [3.8, 4) is 11.5 Å². The largest absolute Gasteiger partial charge is 0.486 e. The molecule has 2 heterocycles. The van der Waals surface area contributed by atoms with Crippen molar-refractivity contribution >= 4 is 6.03 Å². The first-order valence-corrected chi connectivity index (χ1v) is 8.49. The van der Waals surface area contributed by atoms with Crippen molar-refractivity contribution < 1.29 is 14.3 Å². The summed E-state index contributed by atoms with van der Waals surface area (Å²) >= 11 is 0. The first-order chi connectivity index (χ1) is 12.2. The topological polar surface area (TPSA) is 81.5 Å². The molecule has 0 fully saturated rings. The summed E-state index contributed by atoms with van der Waals surface area (Å²) in [4.78, 5) is 14.2. The molecule has 0 saturated heterocycles. The van der Waals surface area contributed by atoms with Crippen molar-refractivity contribution in [3.05, 3.63) is 36.4 Å². The molecule has 1 aromatic carbocycles. The van der Waals surface area contributed by atoms with Gasteiger partial charge in [0.1, 0.15) is 12.9 Å². The van der Waals surface area contributed by atoms with Gasteiger partial charge in [-0.3, -0.25) is 0 Å². The highest BCUT2D eigenvalue weighted by atomic mass is 16.6. The summed E-state index contributed by atoms with van der Waals surface area (Å²) in [6, 6.07) is 7.40. The number of nitrogens with one attached hydrogen (secondary N) is 1. The van der Waals surface area contributed by atoms with Crippen LogP contribution in [0.25, 0.3) is 0 Å². The average Bonchev–Trinajstić information content (AvgIpc) is 3.11. The molecule has 1 atom stereocenters. The van der Waals surface area contributed by atoms with Crippen LogP contribution >= 0.6 is 0 Å². The number of aromatic nitrogens is 3. The van der Waals surface area contributed by atoms with Gasteiger partial charge in [0.2, 0.25) is 0 Å². The van der Waals surface area contributed by atoms with Crippen LogP contribution in [0.15, 0.2) is 30.6 Å². The first-order valence-electron chi connectivity index (χ1n) is 8.49. The molecular formula is C17H23N5O3. The van der Waals surface area contributed by atoms with Crippen LogP contribution in [0.4, 0.5) is 4.79 Å². The fourth-order valence-electron chi connectivity index (χ4n) is 2.70. The Morgan fingerprint density at radius 1 is 1.36 bits per heavy atom. The summed E-state index contributed by atoms with van der Waals surface area (Å²) in [6.07, 6.45) is 1.46. The molecule has 0 spiro atoms. The van der Waals surface area contributed by atoms with Crippen molar-refractivity contribution in [3.63, 3.8) is 0 Å². The summed E-state index contributed by atoms with van der Waals surface area (Å²) in [5, 5.41) is 10.8. The zero-order chi connectivity index (χ0) is 17.6. The maximum Gasteiger partial charge on any atom is 0.317 e. The summed E-state index contributed by atoms with van der Waals surface area (Å²) in [5.41, 5.74) is 0. The Bertz CT molecular complexity index is 718. The highest BCUT2D eigenvalue weighted by Gasteiger charge is 2.24. The number of benzene rings is 1. The Labute approximate surface area is 146 Å². The van der Waals surface area contributed by atoms with Crippen LogP contribution in [0, 0.1) is 0 Å². The maximum absolute atomic E-state index is 12.4. The second kappa shape index (κ2) is 7.87. The molecule has 2 amide bonds. The molecule has 0 aliphatic carbocycles. The van der Waals surface area contributed by atoms with Gasteiger partial charge < -0.3 is 24.3 Å². The Kier molecular flexibility index (Phi) is 5.37. The third-order valence-electron chi connectivity index (χ3n) is 4.09. The van der Waals surface area contributed by atoms with Crippen molar-refractivity contribution in [2.24, 2.45) is 0 Å². The normalized spacial score (nSPS) is 15.7. The molecule has 3 rings (SSSR count).